The van der Waals surface area contributed by atoms with E-state index < -0.39 is 5.97 Å². The van der Waals surface area contributed by atoms with Crippen LogP contribution in [0.4, 0.5) is 0 Å². The van der Waals surface area contributed by atoms with Crippen molar-refractivity contribution in [2.45, 2.75) is 6.92 Å². The van der Waals surface area contributed by atoms with Crippen molar-refractivity contribution in [3.63, 3.8) is 0 Å². The lowest BCUT2D eigenvalue weighted by molar-refractivity contribution is 0.0532. The summed E-state index contributed by atoms with van der Waals surface area (Å²) >= 11 is 0. The van der Waals surface area contributed by atoms with Gasteiger partial charge in [-0.05, 0) is 17.3 Å². The Balaban J connectivity index is 2.76. The molecule has 5 heteroatoms. The zero-order chi connectivity index (χ0) is 8.27. The molecule has 0 aliphatic heterocycles. The van der Waals surface area contributed by atoms with Crippen LogP contribution in [0.15, 0.2) is 10.9 Å². The van der Waals surface area contributed by atoms with Crippen LogP contribution in [-0.2, 0) is 4.74 Å². The van der Waals surface area contributed by atoms with Crippen molar-refractivity contribution in [2.75, 3.05) is 6.61 Å². The summed E-state index contributed by atoms with van der Waals surface area (Å²) in [7, 11) is 2.20. The average molecular weight is 190 g/mol. The Kier molecular flexibility index (Phi) is 2.78. The molecule has 0 aromatic carbocycles. The molecular formula is C6H6O3S2. The third kappa shape index (κ3) is 2.13. The number of esters is 1. The van der Waals surface area contributed by atoms with Crippen molar-refractivity contribution in [3.05, 3.63) is 20.5 Å². The number of carbonyl (C=O) groups is 1. The van der Waals surface area contributed by atoms with Crippen molar-refractivity contribution >= 4 is 26.7 Å². The molecule has 0 amide bonds. The fourth-order valence-electron chi connectivity index (χ4n) is 0.536. The van der Waals surface area contributed by atoms with E-state index in [1.54, 1.807) is 6.92 Å². The van der Waals surface area contributed by atoms with E-state index in [1.807, 2.05) is 0 Å². The fourth-order valence-corrected chi connectivity index (χ4v) is 2.24. The number of rotatable bonds is 2. The summed E-state index contributed by atoms with van der Waals surface area (Å²) in [6.07, 6.45) is 0. The van der Waals surface area contributed by atoms with Crippen molar-refractivity contribution in [1.29, 1.82) is 0 Å². The third-order valence-electron chi connectivity index (χ3n) is 0.939. The molecule has 3 nitrogen and oxygen atoms in total. The molecule has 0 unspecified atom stereocenters. The maximum atomic E-state index is 10.9. The predicted molar refractivity (Wildman–Crippen MR) is 44.4 cm³/mol. The van der Waals surface area contributed by atoms with Gasteiger partial charge in [-0.2, -0.15) is 0 Å². The Hall–Kier alpha value is -0.680. The second-order valence-corrected chi connectivity index (χ2v) is 3.89. The van der Waals surface area contributed by atoms with Gasteiger partial charge in [0.2, 0.25) is 4.74 Å². The molecule has 11 heavy (non-hydrogen) atoms. The lowest BCUT2D eigenvalue weighted by Crippen LogP contribution is -2.02. The van der Waals surface area contributed by atoms with Crippen molar-refractivity contribution < 1.29 is 9.53 Å². The summed E-state index contributed by atoms with van der Waals surface area (Å²) in [6, 6.07) is 1.30. The lowest BCUT2D eigenvalue weighted by atomic mass is 10.5. The molecule has 0 atom stereocenters. The summed E-state index contributed by atoms with van der Waals surface area (Å²) in [5.74, 6) is -0.407. The molecule has 0 saturated heterocycles. The Bertz CT molecular complexity index is 299. The number of hydrogen-bond acceptors (Lipinski definition) is 5. The highest BCUT2D eigenvalue weighted by Crippen LogP contribution is 2.10. The first-order chi connectivity index (χ1) is 5.24. The maximum absolute atomic E-state index is 10.9. The Labute approximate surface area is 70.6 Å². The van der Waals surface area contributed by atoms with Gasteiger partial charge in [-0.1, -0.05) is 10.3 Å². The highest BCUT2D eigenvalue weighted by Gasteiger charge is 2.08. The number of carbonyl (C=O) groups excluding carboxylic acids is 1. The number of hydrogen-bond donors (Lipinski definition) is 0. The van der Waals surface area contributed by atoms with Crippen molar-refractivity contribution in [1.82, 2.24) is 0 Å². The third-order valence-corrected chi connectivity index (χ3v) is 3.05. The molecule has 0 radical (unpaired) electrons. The molecule has 0 bridgehead atoms. The summed E-state index contributed by atoms with van der Waals surface area (Å²) in [4.78, 5) is 21.9. The topological polar surface area (TPSA) is 43.4 Å². The molecular weight excluding hydrogens is 184 g/mol. The normalized spacial score (nSPS) is 9.55. The van der Waals surface area contributed by atoms with Gasteiger partial charge in [0.25, 0.3) is 0 Å². The van der Waals surface area contributed by atoms with Gasteiger partial charge in [-0.3, -0.25) is 4.79 Å². The zero-order valence-electron chi connectivity index (χ0n) is 5.83. The average Bonchev–Trinajstić information content (AvgIpc) is 2.36. The standard InChI is InChI=1S/C6H6O3S2/c1-2-9-6(8)4-3-5(7)11-10-4/h3H,2H2,1H3. The van der Waals surface area contributed by atoms with E-state index in [0.717, 1.165) is 20.7 Å². The molecule has 1 heterocycles. The van der Waals surface area contributed by atoms with E-state index in [-0.39, 0.29) is 4.74 Å². The molecule has 0 aliphatic rings. The minimum Gasteiger partial charge on any atom is -0.462 e. The van der Waals surface area contributed by atoms with Crippen LogP contribution < -0.4 is 4.74 Å². The first-order valence-electron chi connectivity index (χ1n) is 3.01. The van der Waals surface area contributed by atoms with Gasteiger partial charge in [0.05, 0.1) is 6.61 Å². The molecule has 0 N–H and O–H groups in total. The van der Waals surface area contributed by atoms with Gasteiger partial charge in [-0.25, -0.2) is 4.79 Å². The van der Waals surface area contributed by atoms with Crippen LogP contribution in [0, 0.1) is 0 Å². The van der Waals surface area contributed by atoms with E-state index in [2.05, 4.69) is 4.74 Å². The van der Waals surface area contributed by atoms with Crippen LogP contribution in [0.25, 0.3) is 0 Å². The van der Waals surface area contributed by atoms with Crippen molar-refractivity contribution in [3.8, 4) is 0 Å². The molecule has 0 spiro atoms. The minimum atomic E-state index is -0.407. The Morgan fingerprint density at radius 2 is 2.36 bits per heavy atom. The highest BCUT2D eigenvalue weighted by molar-refractivity contribution is 7.69. The van der Waals surface area contributed by atoms with Crippen LogP contribution in [0.2, 0.25) is 0 Å². The fraction of sp³-hybridized carbons (Fsp3) is 0.333. The molecule has 60 valence electrons. The van der Waals surface area contributed by atoms with E-state index >= 15 is 0 Å². The molecule has 1 aromatic rings. The molecule has 1 aromatic heterocycles. The first-order valence-corrected chi connectivity index (χ1v) is 5.16. The maximum Gasteiger partial charge on any atom is 0.349 e. The van der Waals surface area contributed by atoms with E-state index in [0.29, 0.717) is 11.5 Å². The second-order valence-electron chi connectivity index (χ2n) is 1.71. The van der Waals surface area contributed by atoms with Crippen molar-refractivity contribution in [2.24, 2.45) is 0 Å². The largest absolute Gasteiger partial charge is 0.462 e. The molecule has 0 fully saturated rings. The summed E-state index contributed by atoms with van der Waals surface area (Å²) in [5.41, 5.74) is 0. The molecule has 1 rings (SSSR count). The summed E-state index contributed by atoms with van der Waals surface area (Å²) < 4.78 is 4.58. The predicted octanol–water partition coefficient (Wildman–Crippen LogP) is 1.35. The minimum absolute atomic E-state index is 0.0990. The monoisotopic (exact) mass is 190 g/mol. The SMILES string of the molecule is CCOC(=O)c1cc(=O)ss1. The number of ether oxygens (including phenoxy) is 1. The van der Waals surface area contributed by atoms with Gasteiger partial charge in [-0.15, -0.1) is 0 Å². The van der Waals surface area contributed by atoms with Gasteiger partial charge in [0.1, 0.15) is 4.88 Å². The van der Waals surface area contributed by atoms with Crippen LogP contribution >= 0.6 is 20.7 Å². The van der Waals surface area contributed by atoms with Crippen LogP contribution in [0.5, 0.6) is 0 Å². The first kappa shape index (κ1) is 8.42. The summed E-state index contributed by atoms with van der Waals surface area (Å²) in [5, 5.41) is 0. The quantitative estimate of drug-likeness (QED) is 0.522. The Morgan fingerprint density at radius 3 is 2.82 bits per heavy atom. The van der Waals surface area contributed by atoms with E-state index in [4.69, 9.17) is 0 Å². The second kappa shape index (κ2) is 3.64. The van der Waals surface area contributed by atoms with Crippen LogP contribution in [-0.4, -0.2) is 12.6 Å². The smallest absolute Gasteiger partial charge is 0.349 e. The molecule has 0 aliphatic carbocycles. The highest BCUT2D eigenvalue weighted by atomic mass is 32.9. The lowest BCUT2D eigenvalue weighted by Gasteiger charge is -1.94. The van der Waals surface area contributed by atoms with Gasteiger partial charge >= 0.3 is 5.97 Å². The van der Waals surface area contributed by atoms with E-state index in [1.165, 1.54) is 6.07 Å². The van der Waals surface area contributed by atoms with Crippen LogP contribution in [0.3, 0.4) is 0 Å². The Morgan fingerprint density at radius 1 is 1.64 bits per heavy atom. The van der Waals surface area contributed by atoms with Gasteiger partial charge < -0.3 is 4.74 Å². The van der Waals surface area contributed by atoms with E-state index in [9.17, 15) is 9.59 Å². The van der Waals surface area contributed by atoms with Gasteiger partial charge in [0, 0.05) is 6.07 Å². The summed E-state index contributed by atoms with van der Waals surface area (Å²) in [6.45, 7) is 2.07. The van der Waals surface area contributed by atoms with Gasteiger partial charge in [0.15, 0.2) is 0 Å². The zero-order valence-corrected chi connectivity index (χ0v) is 7.46. The molecule has 0 saturated carbocycles. The van der Waals surface area contributed by atoms with Crippen LogP contribution in [0.1, 0.15) is 16.6 Å².